The lowest BCUT2D eigenvalue weighted by Gasteiger charge is -2.08. The SMILES string of the molecule is OC(c1ccc(F)c(F)c1)c1ccn(-c2ccccc2)n1. The molecule has 0 spiro atoms. The van der Waals surface area contributed by atoms with E-state index in [-0.39, 0.29) is 5.56 Å². The standard InChI is InChI=1S/C16H12F2N2O/c17-13-7-6-11(10-14(13)18)16(21)15-8-9-20(19-15)12-4-2-1-3-5-12/h1-10,16,21H. The van der Waals surface area contributed by atoms with Gasteiger partial charge in [-0.05, 0) is 35.9 Å². The maximum absolute atomic E-state index is 13.2. The van der Waals surface area contributed by atoms with Gasteiger partial charge in [0, 0.05) is 6.20 Å². The summed E-state index contributed by atoms with van der Waals surface area (Å²) in [5.41, 5.74) is 1.47. The van der Waals surface area contributed by atoms with Crippen molar-refractivity contribution >= 4 is 0 Å². The highest BCUT2D eigenvalue weighted by Crippen LogP contribution is 2.22. The molecule has 1 atom stereocenters. The first-order valence-corrected chi connectivity index (χ1v) is 6.39. The number of para-hydroxylation sites is 1. The van der Waals surface area contributed by atoms with Gasteiger partial charge >= 0.3 is 0 Å². The Kier molecular flexibility index (Phi) is 3.50. The Hall–Kier alpha value is -2.53. The Balaban J connectivity index is 1.90. The molecule has 0 aliphatic carbocycles. The lowest BCUT2D eigenvalue weighted by Crippen LogP contribution is -2.03. The van der Waals surface area contributed by atoms with Crippen LogP contribution in [0.5, 0.6) is 0 Å². The number of halogens is 2. The van der Waals surface area contributed by atoms with Gasteiger partial charge < -0.3 is 5.11 Å². The van der Waals surface area contributed by atoms with Gasteiger partial charge in [0.05, 0.1) is 11.4 Å². The number of hydrogen-bond acceptors (Lipinski definition) is 2. The predicted octanol–water partition coefficient (Wildman–Crippen LogP) is 3.23. The first kappa shape index (κ1) is 13.5. The van der Waals surface area contributed by atoms with Crippen LogP contribution in [-0.4, -0.2) is 14.9 Å². The van der Waals surface area contributed by atoms with Crippen LogP contribution in [0.25, 0.3) is 5.69 Å². The normalized spacial score (nSPS) is 12.3. The highest BCUT2D eigenvalue weighted by molar-refractivity contribution is 5.32. The number of aliphatic hydroxyl groups excluding tert-OH is 1. The third-order valence-corrected chi connectivity index (χ3v) is 3.17. The predicted molar refractivity (Wildman–Crippen MR) is 74.0 cm³/mol. The number of aliphatic hydroxyl groups is 1. The molecule has 21 heavy (non-hydrogen) atoms. The molecule has 3 rings (SSSR count). The van der Waals surface area contributed by atoms with Gasteiger partial charge in [0.15, 0.2) is 11.6 Å². The number of rotatable bonds is 3. The maximum Gasteiger partial charge on any atom is 0.159 e. The maximum atomic E-state index is 13.2. The third-order valence-electron chi connectivity index (χ3n) is 3.17. The Labute approximate surface area is 120 Å². The summed E-state index contributed by atoms with van der Waals surface area (Å²) in [5.74, 6) is -1.94. The van der Waals surface area contributed by atoms with Gasteiger partial charge in [0.1, 0.15) is 6.10 Å². The molecule has 3 aromatic rings. The highest BCUT2D eigenvalue weighted by atomic mass is 19.2. The van der Waals surface area contributed by atoms with Crippen LogP contribution in [0, 0.1) is 11.6 Å². The zero-order chi connectivity index (χ0) is 14.8. The molecule has 1 heterocycles. The molecule has 0 bridgehead atoms. The largest absolute Gasteiger partial charge is 0.382 e. The number of benzene rings is 2. The minimum atomic E-state index is -1.11. The average Bonchev–Trinajstić information content (AvgIpc) is 3.00. The van der Waals surface area contributed by atoms with Crippen molar-refractivity contribution in [1.82, 2.24) is 9.78 Å². The molecule has 0 radical (unpaired) electrons. The number of nitrogens with zero attached hydrogens (tertiary/aromatic N) is 2. The minimum Gasteiger partial charge on any atom is -0.382 e. The van der Waals surface area contributed by atoms with Gasteiger partial charge in [-0.1, -0.05) is 24.3 Å². The first-order valence-electron chi connectivity index (χ1n) is 6.39. The zero-order valence-corrected chi connectivity index (χ0v) is 10.9. The van der Waals surface area contributed by atoms with Crippen LogP contribution in [0.15, 0.2) is 60.8 Å². The molecule has 1 aromatic heterocycles. The zero-order valence-electron chi connectivity index (χ0n) is 10.9. The third kappa shape index (κ3) is 2.68. The Morgan fingerprint density at radius 3 is 2.43 bits per heavy atom. The van der Waals surface area contributed by atoms with Crippen molar-refractivity contribution in [2.75, 3.05) is 0 Å². The molecule has 106 valence electrons. The molecule has 1 N–H and O–H groups in total. The van der Waals surface area contributed by atoms with Crippen LogP contribution >= 0.6 is 0 Å². The molecular weight excluding hydrogens is 274 g/mol. The molecule has 0 aliphatic rings. The molecule has 5 heteroatoms. The van der Waals surface area contributed by atoms with Crippen LogP contribution in [0.3, 0.4) is 0 Å². The summed E-state index contributed by atoms with van der Waals surface area (Å²) in [4.78, 5) is 0. The smallest absolute Gasteiger partial charge is 0.159 e. The van der Waals surface area contributed by atoms with E-state index in [9.17, 15) is 13.9 Å². The summed E-state index contributed by atoms with van der Waals surface area (Å²) in [7, 11) is 0. The topological polar surface area (TPSA) is 38.0 Å². The average molecular weight is 286 g/mol. The van der Waals surface area contributed by atoms with Crippen molar-refractivity contribution in [3.05, 3.63) is 83.7 Å². The lowest BCUT2D eigenvalue weighted by atomic mass is 10.1. The Morgan fingerprint density at radius 1 is 0.952 bits per heavy atom. The van der Waals surface area contributed by atoms with Crippen LogP contribution in [0.1, 0.15) is 17.4 Å². The van der Waals surface area contributed by atoms with Crippen molar-refractivity contribution in [3.8, 4) is 5.69 Å². The van der Waals surface area contributed by atoms with E-state index < -0.39 is 17.7 Å². The molecular formula is C16H12F2N2O. The van der Waals surface area contributed by atoms with Gasteiger partial charge in [0.25, 0.3) is 0 Å². The second kappa shape index (κ2) is 5.46. The number of hydrogen-bond donors (Lipinski definition) is 1. The molecule has 2 aromatic carbocycles. The van der Waals surface area contributed by atoms with E-state index >= 15 is 0 Å². The lowest BCUT2D eigenvalue weighted by molar-refractivity contribution is 0.214. The van der Waals surface area contributed by atoms with Gasteiger partial charge in [-0.25, -0.2) is 13.5 Å². The fraction of sp³-hybridized carbons (Fsp3) is 0.0625. The molecule has 0 amide bonds. The summed E-state index contributed by atoms with van der Waals surface area (Å²) < 4.78 is 27.7. The van der Waals surface area contributed by atoms with E-state index in [1.807, 2.05) is 30.3 Å². The van der Waals surface area contributed by atoms with Crippen molar-refractivity contribution in [3.63, 3.8) is 0 Å². The summed E-state index contributed by atoms with van der Waals surface area (Å²) in [6.07, 6.45) is 0.596. The molecule has 0 aliphatic heterocycles. The fourth-order valence-electron chi connectivity index (χ4n) is 2.06. The van der Waals surface area contributed by atoms with Crippen LogP contribution in [0.4, 0.5) is 8.78 Å². The fourth-order valence-corrected chi connectivity index (χ4v) is 2.06. The van der Waals surface area contributed by atoms with E-state index in [1.165, 1.54) is 6.07 Å². The Bertz CT molecular complexity index is 756. The summed E-state index contributed by atoms with van der Waals surface area (Å²) in [6, 6.07) is 14.3. The van der Waals surface area contributed by atoms with Crippen LogP contribution in [-0.2, 0) is 0 Å². The van der Waals surface area contributed by atoms with E-state index in [4.69, 9.17) is 0 Å². The van der Waals surface area contributed by atoms with Crippen LogP contribution < -0.4 is 0 Å². The van der Waals surface area contributed by atoms with Gasteiger partial charge in [0.2, 0.25) is 0 Å². The van der Waals surface area contributed by atoms with Gasteiger partial charge in [-0.3, -0.25) is 0 Å². The second-order valence-electron chi connectivity index (χ2n) is 4.60. The van der Waals surface area contributed by atoms with E-state index in [0.717, 1.165) is 17.8 Å². The monoisotopic (exact) mass is 286 g/mol. The molecule has 3 nitrogen and oxygen atoms in total. The Morgan fingerprint density at radius 2 is 1.71 bits per heavy atom. The van der Waals surface area contributed by atoms with E-state index in [2.05, 4.69) is 5.10 Å². The number of aromatic nitrogens is 2. The molecule has 0 saturated carbocycles. The summed E-state index contributed by atoms with van der Waals surface area (Å²) in [5, 5.41) is 14.5. The van der Waals surface area contributed by atoms with Gasteiger partial charge in [-0.15, -0.1) is 0 Å². The summed E-state index contributed by atoms with van der Waals surface area (Å²) >= 11 is 0. The van der Waals surface area contributed by atoms with Crippen molar-refractivity contribution in [2.45, 2.75) is 6.10 Å². The van der Waals surface area contributed by atoms with Crippen molar-refractivity contribution in [2.24, 2.45) is 0 Å². The van der Waals surface area contributed by atoms with Gasteiger partial charge in [-0.2, -0.15) is 5.10 Å². The van der Waals surface area contributed by atoms with E-state index in [0.29, 0.717) is 5.69 Å². The first-order chi connectivity index (χ1) is 10.1. The summed E-state index contributed by atoms with van der Waals surface area (Å²) in [6.45, 7) is 0. The van der Waals surface area contributed by atoms with Crippen LogP contribution in [0.2, 0.25) is 0 Å². The second-order valence-corrected chi connectivity index (χ2v) is 4.60. The molecule has 0 saturated heterocycles. The van der Waals surface area contributed by atoms with E-state index in [1.54, 1.807) is 16.9 Å². The quantitative estimate of drug-likeness (QED) is 0.802. The van der Waals surface area contributed by atoms with Crippen molar-refractivity contribution in [1.29, 1.82) is 0 Å². The molecule has 0 fully saturated rings. The minimum absolute atomic E-state index is 0.257. The van der Waals surface area contributed by atoms with Crippen molar-refractivity contribution < 1.29 is 13.9 Å². The highest BCUT2D eigenvalue weighted by Gasteiger charge is 2.16. The molecule has 1 unspecified atom stereocenters.